The van der Waals surface area contributed by atoms with Crippen molar-refractivity contribution >= 4 is 23.1 Å². The Bertz CT molecular complexity index is 657. The zero-order valence-electron chi connectivity index (χ0n) is 11.2. The minimum atomic E-state index is -5.08. The predicted molar refractivity (Wildman–Crippen MR) is 71.4 cm³/mol. The van der Waals surface area contributed by atoms with Gasteiger partial charge in [-0.2, -0.15) is 13.2 Å². The number of hydrogen-bond donors (Lipinski definition) is 1. The SMILES string of the molecule is CC1C(c2ccnc(Cl)n2)=CC=C(F)C1NC(=O)C(F)(F)F. The first-order chi connectivity index (χ1) is 10.2. The van der Waals surface area contributed by atoms with E-state index in [1.807, 2.05) is 0 Å². The van der Waals surface area contributed by atoms with Gasteiger partial charge in [-0.05, 0) is 29.3 Å². The number of carbonyl (C=O) groups is 1. The fourth-order valence-corrected chi connectivity index (χ4v) is 2.22. The van der Waals surface area contributed by atoms with Crippen LogP contribution in [-0.4, -0.2) is 28.1 Å². The van der Waals surface area contributed by atoms with Gasteiger partial charge in [-0.15, -0.1) is 0 Å². The van der Waals surface area contributed by atoms with Gasteiger partial charge < -0.3 is 5.32 Å². The third kappa shape index (κ3) is 3.44. The summed E-state index contributed by atoms with van der Waals surface area (Å²) in [5.41, 5.74) is 0.792. The van der Waals surface area contributed by atoms with Gasteiger partial charge in [-0.3, -0.25) is 4.79 Å². The Hall–Kier alpha value is -1.96. The molecule has 1 aliphatic rings. The standard InChI is InChI=1S/C13H10ClF4N3O/c1-6-7(9-4-5-19-12(14)20-9)2-3-8(15)10(6)21-11(22)13(16,17)18/h2-6,10H,1H3,(H,21,22). The first kappa shape index (κ1) is 16.4. The number of halogens is 5. The van der Waals surface area contributed by atoms with Crippen LogP contribution in [0.1, 0.15) is 12.6 Å². The second-order valence-electron chi connectivity index (χ2n) is 4.62. The number of alkyl halides is 3. The first-order valence-corrected chi connectivity index (χ1v) is 6.52. The lowest BCUT2D eigenvalue weighted by atomic mass is 9.86. The maximum absolute atomic E-state index is 13.8. The fourth-order valence-electron chi connectivity index (χ4n) is 2.07. The highest BCUT2D eigenvalue weighted by Gasteiger charge is 2.42. The molecule has 1 aromatic rings. The lowest BCUT2D eigenvalue weighted by molar-refractivity contribution is -0.174. The summed E-state index contributed by atoms with van der Waals surface area (Å²) in [6, 6.07) is 0.0661. The molecule has 1 aromatic heterocycles. The summed E-state index contributed by atoms with van der Waals surface area (Å²) in [5.74, 6) is -3.83. The van der Waals surface area contributed by atoms with Crippen LogP contribution in [0.3, 0.4) is 0 Å². The summed E-state index contributed by atoms with van der Waals surface area (Å²) >= 11 is 5.66. The molecule has 1 aliphatic carbocycles. The number of amides is 1. The van der Waals surface area contributed by atoms with E-state index in [1.54, 1.807) is 5.32 Å². The summed E-state index contributed by atoms with van der Waals surface area (Å²) in [6.07, 6.45) is -1.34. The van der Waals surface area contributed by atoms with Crippen molar-refractivity contribution in [2.75, 3.05) is 0 Å². The number of rotatable bonds is 2. The number of carbonyl (C=O) groups excluding carboxylic acids is 1. The highest BCUT2D eigenvalue weighted by atomic mass is 35.5. The Labute approximate surface area is 127 Å². The third-order valence-electron chi connectivity index (χ3n) is 3.18. The molecule has 9 heteroatoms. The van der Waals surface area contributed by atoms with E-state index in [2.05, 4.69) is 9.97 Å². The van der Waals surface area contributed by atoms with E-state index < -0.39 is 29.9 Å². The van der Waals surface area contributed by atoms with Gasteiger partial charge in [-0.1, -0.05) is 13.0 Å². The van der Waals surface area contributed by atoms with Crippen LogP contribution in [0.2, 0.25) is 5.28 Å². The minimum Gasteiger partial charge on any atom is -0.338 e. The van der Waals surface area contributed by atoms with Gasteiger partial charge in [0.05, 0.1) is 11.7 Å². The van der Waals surface area contributed by atoms with Crippen molar-refractivity contribution in [1.82, 2.24) is 15.3 Å². The molecular formula is C13H10ClF4N3O. The highest BCUT2D eigenvalue weighted by molar-refractivity contribution is 6.28. The van der Waals surface area contributed by atoms with Gasteiger partial charge in [0.2, 0.25) is 5.28 Å². The molecule has 0 bridgehead atoms. The van der Waals surface area contributed by atoms with Gasteiger partial charge in [0.25, 0.3) is 0 Å². The zero-order valence-corrected chi connectivity index (χ0v) is 11.9. The Morgan fingerprint density at radius 2 is 2.05 bits per heavy atom. The summed E-state index contributed by atoms with van der Waals surface area (Å²) in [4.78, 5) is 18.7. The zero-order chi connectivity index (χ0) is 16.5. The molecule has 118 valence electrons. The normalized spacial score (nSPS) is 21.9. The monoisotopic (exact) mass is 335 g/mol. The summed E-state index contributed by atoms with van der Waals surface area (Å²) in [7, 11) is 0. The lowest BCUT2D eigenvalue weighted by Gasteiger charge is -2.28. The van der Waals surface area contributed by atoms with E-state index in [0.717, 1.165) is 6.08 Å². The van der Waals surface area contributed by atoms with Crippen molar-refractivity contribution in [2.45, 2.75) is 19.1 Å². The van der Waals surface area contributed by atoms with Crippen LogP contribution in [0.25, 0.3) is 5.57 Å². The molecule has 0 radical (unpaired) electrons. The molecule has 1 heterocycles. The van der Waals surface area contributed by atoms with E-state index in [4.69, 9.17) is 11.6 Å². The summed E-state index contributed by atoms with van der Waals surface area (Å²) in [5, 5.41) is 1.60. The van der Waals surface area contributed by atoms with Crippen molar-refractivity contribution in [3.63, 3.8) is 0 Å². The molecule has 0 saturated carbocycles. The molecule has 2 atom stereocenters. The van der Waals surface area contributed by atoms with Crippen LogP contribution in [0.5, 0.6) is 0 Å². The molecule has 4 nitrogen and oxygen atoms in total. The molecule has 1 amide bonds. The highest BCUT2D eigenvalue weighted by Crippen LogP contribution is 2.33. The maximum Gasteiger partial charge on any atom is 0.471 e. The molecule has 1 N–H and O–H groups in total. The van der Waals surface area contributed by atoms with Crippen LogP contribution in [0.15, 0.2) is 30.2 Å². The van der Waals surface area contributed by atoms with Crippen molar-refractivity contribution in [2.24, 2.45) is 5.92 Å². The van der Waals surface area contributed by atoms with Gasteiger partial charge >= 0.3 is 12.1 Å². The first-order valence-electron chi connectivity index (χ1n) is 6.14. The molecule has 0 saturated heterocycles. The summed E-state index contributed by atoms with van der Waals surface area (Å²) in [6.45, 7) is 1.48. The predicted octanol–water partition coefficient (Wildman–Crippen LogP) is 3.06. The largest absolute Gasteiger partial charge is 0.471 e. The van der Waals surface area contributed by atoms with Crippen molar-refractivity contribution in [1.29, 1.82) is 0 Å². The van der Waals surface area contributed by atoms with E-state index in [0.29, 0.717) is 11.3 Å². The van der Waals surface area contributed by atoms with E-state index in [9.17, 15) is 22.4 Å². The number of hydrogen-bond acceptors (Lipinski definition) is 3. The molecule has 0 fully saturated rings. The van der Waals surface area contributed by atoms with Crippen molar-refractivity contribution in [3.05, 3.63) is 41.2 Å². The van der Waals surface area contributed by atoms with Crippen LogP contribution in [0.4, 0.5) is 17.6 Å². The minimum absolute atomic E-state index is 0.0449. The molecular weight excluding hydrogens is 326 g/mol. The Morgan fingerprint density at radius 1 is 1.36 bits per heavy atom. The van der Waals surface area contributed by atoms with Gasteiger partial charge in [0.1, 0.15) is 5.83 Å². The van der Waals surface area contributed by atoms with E-state index in [1.165, 1.54) is 25.3 Å². The number of aromatic nitrogens is 2. The van der Waals surface area contributed by atoms with E-state index in [-0.39, 0.29) is 5.28 Å². The average Bonchev–Trinajstić information content (AvgIpc) is 2.42. The lowest BCUT2D eigenvalue weighted by Crippen LogP contribution is -2.47. The topological polar surface area (TPSA) is 54.9 Å². The third-order valence-corrected chi connectivity index (χ3v) is 3.36. The Morgan fingerprint density at radius 3 is 2.64 bits per heavy atom. The van der Waals surface area contributed by atoms with E-state index >= 15 is 0 Å². The Balaban J connectivity index is 2.28. The van der Waals surface area contributed by atoms with Crippen LogP contribution >= 0.6 is 11.6 Å². The Kier molecular flexibility index (Phi) is 4.50. The molecule has 0 spiro atoms. The maximum atomic E-state index is 13.8. The quantitative estimate of drug-likeness (QED) is 0.667. The summed E-state index contributed by atoms with van der Waals surface area (Å²) < 4.78 is 50.8. The average molecular weight is 336 g/mol. The fraction of sp³-hybridized carbons (Fsp3) is 0.308. The van der Waals surface area contributed by atoms with Gasteiger partial charge in [-0.25, -0.2) is 14.4 Å². The number of allylic oxidation sites excluding steroid dienone is 2. The van der Waals surface area contributed by atoms with Crippen molar-refractivity contribution < 1.29 is 22.4 Å². The number of nitrogens with zero attached hydrogens (tertiary/aromatic N) is 2. The van der Waals surface area contributed by atoms with Crippen molar-refractivity contribution in [3.8, 4) is 0 Å². The molecule has 22 heavy (non-hydrogen) atoms. The second kappa shape index (κ2) is 6.04. The number of nitrogens with one attached hydrogen (secondary N) is 1. The molecule has 2 rings (SSSR count). The van der Waals surface area contributed by atoms with Crippen LogP contribution in [0, 0.1) is 5.92 Å². The molecule has 0 aliphatic heterocycles. The van der Waals surface area contributed by atoms with Gasteiger partial charge in [0.15, 0.2) is 0 Å². The van der Waals surface area contributed by atoms with Gasteiger partial charge in [0, 0.05) is 12.1 Å². The van der Waals surface area contributed by atoms with Crippen LogP contribution < -0.4 is 5.32 Å². The van der Waals surface area contributed by atoms with Crippen LogP contribution in [-0.2, 0) is 4.79 Å². The second-order valence-corrected chi connectivity index (χ2v) is 4.96. The molecule has 0 aromatic carbocycles. The molecule has 2 unspecified atom stereocenters. The smallest absolute Gasteiger partial charge is 0.338 e.